The number of hydrogen-bond donors (Lipinski definition) is 4. The van der Waals surface area contributed by atoms with E-state index in [9.17, 15) is 13.2 Å². The molecule has 1 saturated heterocycles. The van der Waals surface area contributed by atoms with Gasteiger partial charge < -0.3 is 21.4 Å². The molecule has 30 heavy (non-hydrogen) atoms. The molecular weight excluding hydrogens is 451 g/mol. The molecule has 0 radical (unpaired) electrons. The van der Waals surface area contributed by atoms with Gasteiger partial charge in [-0.3, -0.25) is 4.79 Å². The van der Waals surface area contributed by atoms with E-state index < -0.39 is 28.0 Å². The van der Waals surface area contributed by atoms with E-state index in [0.717, 1.165) is 12.8 Å². The van der Waals surface area contributed by atoms with Crippen LogP contribution in [0.3, 0.4) is 0 Å². The van der Waals surface area contributed by atoms with Gasteiger partial charge in [-0.15, -0.1) is 0 Å². The van der Waals surface area contributed by atoms with Gasteiger partial charge in [-0.2, -0.15) is 4.72 Å². The zero-order chi connectivity index (χ0) is 22.1. The summed E-state index contributed by atoms with van der Waals surface area (Å²) in [4.78, 5) is 21.6. The second-order valence-corrected chi connectivity index (χ2v) is 9.94. The minimum atomic E-state index is -4.20. The van der Waals surface area contributed by atoms with Gasteiger partial charge in [-0.25, -0.2) is 13.4 Å². The van der Waals surface area contributed by atoms with Crippen molar-refractivity contribution in [2.75, 3.05) is 18.8 Å². The van der Waals surface area contributed by atoms with Crippen molar-refractivity contribution in [3.63, 3.8) is 0 Å². The number of sulfonamides is 1. The van der Waals surface area contributed by atoms with Crippen LogP contribution in [-0.2, 0) is 14.8 Å². The number of H-pyrrole nitrogens is 1. The summed E-state index contributed by atoms with van der Waals surface area (Å²) in [5.74, 6) is 0.374. The normalized spacial score (nSPS) is 17.7. The molecule has 2 heterocycles. The number of imidazole rings is 1. The molecule has 0 saturated carbocycles. The van der Waals surface area contributed by atoms with E-state index >= 15 is 0 Å². The van der Waals surface area contributed by atoms with Gasteiger partial charge in [0.1, 0.15) is 11.9 Å². The molecule has 12 heteroatoms. The van der Waals surface area contributed by atoms with Gasteiger partial charge in [0.05, 0.1) is 26.7 Å². The first-order valence-electron chi connectivity index (χ1n) is 9.40. The molecule has 1 aromatic heterocycles. The lowest BCUT2D eigenvalue weighted by Crippen LogP contribution is -2.55. The molecule has 1 fully saturated rings. The van der Waals surface area contributed by atoms with Crippen molar-refractivity contribution in [3.8, 4) is 0 Å². The fourth-order valence-corrected chi connectivity index (χ4v) is 5.15. The van der Waals surface area contributed by atoms with E-state index in [-0.39, 0.29) is 26.5 Å². The third kappa shape index (κ3) is 4.89. The molecule has 9 nitrogen and oxygen atoms in total. The predicted octanol–water partition coefficient (Wildman–Crippen LogP) is 1.90. The third-order valence-electron chi connectivity index (χ3n) is 5.20. The number of carbonyl (C=O) groups excluding carboxylic acids is 1. The second kappa shape index (κ2) is 9.11. The maximum atomic E-state index is 13.2. The van der Waals surface area contributed by atoms with Crippen LogP contribution in [0.15, 0.2) is 29.4 Å². The summed E-state index contributed by atoms with van der Waals surface area (Å²) in [5, 5.41) is -0.0165. The van der Waals surface area contributed by atoms with Crippen molar-refractivity contribution in [1.82, 2.24) is 19.6 Å². The molecule has 1 amide bonds. The van der Waals surface area contributed by atoms with Crippen molar-refractivity contribution in [2.45, 2.75) is 36.7 Å². The Hall–Kier alpha value is -1.85. The molecule has 1 aromatic carbocycles. The molecule has 2 atom stereocenters. The highest BCUT2D eigenvalue weighted by atomic mass is 35.5. The highest BCUT2D eigenvalue weighted by Crippen LogP contribution is 2.31. The first-order valence-corrected chi connectivity index (χ1v) is 11.6. The molecule has 0 spiro atoms. The first-order chi connectivity index (χ1) is 14.1. The van der Waals surface area contributed by atoms with Crippen molar-refractivity contribution >= 4 is 44.8 Å². The Kier molecular flexibility index (Phi) is 6.93. The minimum absolute atomic E-state index is 0.00824. The second-order valence-electron chi connectivity index (χ2n) is 7.41. The number of nitrogens with zero attached hydrogens (tertiary/aromatic N) is 2. The Balaban J connectivity index is 1.93. The van der Waals surface area contributed by atoms with E-state index in [2.05, 4.69) is 21.6 Å². The number of likely N-dealkylation sites (tertiary alicyclic amines) is 1. The number of carbonyl (C=O) groups is 1. The largest absolute Gasteiger partial charge is 0.396 e. The smallest absolute Gasteiger partial charge is 0.242 e. The van der Waals surface area contributed by atoms with Crippen LogP contribution in [0.1, 0.15) is 31.6 Å². The van der Waals surface area contributed by atoms with Gasteiger partial charge >= 0.3 is 0 Å². The monoisotopic (exact) mass is 474 g/mol. The number of nitrogen functional groups attached to an aromatic ring is 1. The Labute approximate surface area is 185 Å². The minimum Gasteiger partial charge on any atom is -0.396 e. The predicted molar refractivity (Wildman–Crippen MR) is 115 cm³/mol. The summed E-state index contributed by atoms with van der Waals surface area (Å²) >= 11 is 12.0. The van der Waals surface area contributed by atoms with Crippen LogP contribution >= 0.6 is 23.2 Å². The van der Waals surface area contributed by atoms with Crippen LogP contribution in [0.2, 0.25) is 10.0 Å². The van der Waals surface area contributed by atoms with Gasteiger partial charge in [0.25, 0.3) is 0 Å². The van der Waals surface area contributed by atoms with Gasteiger partial charge in [0.2, 0.25) is 15.9 Å². The number of amides is 1. The fraction of sp³-hybridized carbons (Fsp3) is 0.444. The number of aromatic amines is 1. The van der Waals surface area contributed by atoms with Gasteiger partial charge in [0, 0.05) is 25.5 Å². The zero-order valence-corrected chi connectivity index (χ0v) is 18.6. The summed E-state index contributed by atoms with van der Waals surface area (Å²) < 4.78 is 28.5. The molecule has 3 rings (SSSR count). The molecule has 2 unspecified atom stereocenters. The number of rotatable bonds is 6. The van der Waals surface area contributed by atoms with E-state index in [1.54, 1.807) is 11.1 Å². The molecule has 1 aliphatic rings. The maximum absolute atomic E-state index is 13.2. The number of halogens is 2. The summed E-state index contributed by atoms with van der Waals surface area (Å²) in [7, 11) is -4.20. The van der Waals surface area contributed by atoms with Crippen LogP contribution in [0.5, 0.6) is 0 Å². The third-order valence-corrected chi connectivity index (χ3v) is 7.25. The molecule has 0 aliphatic carbocycles. The number of anilines is 1. The average Bonchev–Trinajstić information content (AvgIpc) is 3.24. The number of nitrogens with one attached hydrogen (secondary N) is 2. The molecule has 0 bridgehead atoms. The highest BCUT2D eigenvalue weighted by molar-refractivity contribution is 7.89. The van der Waals surface area contributed by atoms with Gasteiger partial charge in [0.15, 0.2) is 0 Å². The Morgan fingerprint density at radius 3 is 2.43 bits per heavy atom. The van der Waals surface area contributed by atoms with Crippen molar-refractivity contribution in [3.05, 3.63) is 40.4 Å². The summed E-state index contributed by atoms with van der Waals surface area (Å²) in [6.45, 7) is 3.18. The summed E-state index contributed by atoms with van der Waals surface area (Å²) in [5.41, 5.74) is 12.0. The number of aromatic nitrogens is 2. The fourth-order valence-electron chi connectivity index (χ4n) is 3.27. The SMILES string of the molecule is CC1CCN(C(=O)C(NS(=O)(=O)c2cc(Cl)c(N)c(Cl)c2)C(N)c2ncc[nH]2)CC1. The van der Waals surface area contributed by atoms with E-state index in [4.69, 9.17) is 34.7 Å². The van der Waals surface area contributed by atoms with Crippen LogP contribution in [0.4, 0.5) is 5.69 Å². The standard InChI is InChI=1S/C18H24Cl2N6O3S/c1-10-2-6-26(7-3-10)18(27)16(15(22)17-23-4-5-24-17)25-30(28,29)11-8-12(19)14(21)13(20)9-11/h4-5,8-10,15-16,25H,2-3,6-7,21-22H2,1H3,(H,23,24). The number of nitrogens with two attached hydrogens (primary N) is 2. The van der Waals surface area contributed by atoms with Gasteiger partial charge in [-0.05, 0) is 30.9 Å². The molecule has 6 N–H and O–H groups in total. The lowest BCUT2D eigenvalue weighted by molar-refractivity contribution is -0.134. The summed E-state index contributed by atoms with van der Waals surface area (Å²) in [6.07, 6.45) is 4.70. The van der Waals surface area contributed by atoms with E-state index in [1.807, 2.05) is 0 Å². The first kappa shape index (κ1) is 22.8. The van der Waals surface area contributed by atoms with Crippen molar-refractivity contribution in [1.29, 1.82) is 0 Å². The van der Waals surface area contributed by atoms with E-state index in [0.29, 0.717) is 19.0 Å². The molecular formula is C18H24Cl2N6O3S. The Bertz CT molecular complexity index is 984. The van der Waals surface area contributed by atoms with Gasteiger partial charge in [-0.1, -0.05) is 30.1 Å². The molecule has 2 aromatic rings. The average molecular weight is 475 g/mol. The number of piperidine rings is 1. The molecule has 164 valence electrons. The Morgan fingerprint density at radius 1 is 1.30 bits per heavy atom. The van der Waals surface area contributed by atoms with Crippen molar-refractivity contribution in [2.24, 2.45) is 11.7 Å². The zero-order valence-electron chi connectivity index (χ0n) is 16.3. The quantitative estimate of drug-likeness (QED) is 0.469. The highest BCUT2D eigenvalue weighted by Gasteiger charge is 2.37. The van der Waals surface area contributed by atoms with Crippen molar-refractivity contribution < 1.29 is 13.2 Å². The number of benzene rings is 1. The van der Waals surface area contributed by atoms with Crippen LogP contribution < -0.4 is 16.2 Å². The maximum Gasteiger partial charge on any atom is 0.242 e. The Morgan fingerprint density at radius 2 is 1.90 bits per heavy atom. The van der Waals surface area contributed by atoms with E-state index in [1.165, 1.54) is 18.3 Å². The van der Waals surface area contributed by atoms with Crippen LogP contribution in [0, 0.1) is 5.92 Å². The molecule has 1 aliphatic heterocycles. The lowest BCUT2D eigenvalue weighted by Gasteiger charge is -2.34. The lowest BCUT2D eigenvalue weighted by atomic mass is 9.98. The van der Waals surface area contributed by atoms with Crippen LogP contribution in [-0.4, -0.2) is 48.3 Å². The summed E-state index contributed by atoms with van der Waals surface area (Å²) in [6, 6.07) is 0.0485. The van der Waals surface area contributed by atoms with Crippen LogP contribution in [0.25, 0.3) is 0 Å². The topological polar surface area (TPSA) is 147 Å². The number of hydrogen-bond acceptors (Lipinski definition) is 6.